The van der Waals surface area contributed by atoms with Crippen LogP contribution in [0.5, 0.6) is 0 Å². The number of hydrogen-bond acceptors (Lipinski definition) is 2. The molecular weight excluding hydrogens is 200 g/mol. The Kier molecular flexibility index (Phi) is 2.60. The highest BCUT2D eigenvalue weighted by Crippen LogP contribution is 2.14. The molecule has 3 nitrogen and oxygen atoms in total. The molecule has 0 aliphatic rings. The van der Waals surface area contributed by atoms with E-state index < -0.39 is 0 Å². The molecule has 1 heterocycles. The van der Waals surface area contributed by atoms with Crippen molar-refractivity contribution in [3.63, 3.8) is 0 Å². The highest BCUT2D eigenvalue weighted by atomic mass is 16.1. The van der Waals surface area contributed by atoms with Gasteiger partial charge in [-0.15, -0.1) is 0 Å². The lowest BCUT2D eigenvalue weighted by Crippen LogP contribution is -2.03. The summed E-state index contributed by atoms with van der Waals surface area (Å²) in [6, 6.07) is 7.61. The van der Waals surface area contributed by atoms with E-state index in [1.165, 1.54) is 0 Å². The molecule has 0 saturated heterocycles. The minimum Gasteiger partial charge on any atom is -0.288 e. The molecule has 0 bridgehead atoms. The number of ketones is 1. The molecule has 0 atom stereocenters. The molecule has 0 saturated carbocycles. The van der Waals surface area contributed by atoms with E-state index in [2.05, 4.69) is 5.10 Å². The first-order valence-corrected chi connectivity index (χ1v) is 5.19. The molecule has 2 rings (SSSR count). The highest BCUT2D eigenvalue weighted by Gasteiger charge is 2.14. The van der Waals surface area contributed by atoms with E-state index in [4.69, 9.17) is 0 Å². The standard InChI is InChI=1S/C13H14N2O/c1-9-5-4-6-11(7-9)13(16)12-8-14-15(3)10(12)2/h4-8H,1-3H3. The molecule has 16 heavy (non-hydrogen) atoms. The minimum atomic E-state index is 0.0364. The summed E-state index contributed by atoms with van der Waals surface area (Å²) < 4.78 is 1.71. The van der Waals surface area contributed by atoms with Crippen LogP contribution < -0.4 is 0 Å². The fourth-order valence-corrected chi connectivity index (χ4v) is 1.66. The average molecular weight is 214 g/mol. The van der Waals surface area contributed by atoms with E-state index in [1.54, 1.807) is 10.9 Å². The van der Waals surface area contributed by atoms with Crippen molar-refractivity contribution in [1.29, 1.82) is 0 Å². The summed E-state index contributed by atoms with van der Waals surface area (Å²) >= 11 is 0. The lowest BCUT2D eigenvalue weighted by molar-refractivity contribution is 0.103. The second-order valence-electron chi connectivity index (χ2n) is 3.97. The average Bonchev–Trinajstić information content (AvgIpc) is 2.59. The van der Waals surface area contributed by atoms with Crippen molar-refractivity contribution in [2.75, 3.05) is 0 Å². The Labute approximate surface area is 94.7 Å². The predicted octanol–water partition coefficient (Wildman–Crippen LogP) is 2.27. The summed E-state index contributed by atoms with van der Waals surface area (Å²) in [7, 11) is 1.84. The first kappa shape index (κ1) is 10.6. The highest BCUT2D eigenvalue weighted by molar-refractivity contribution is 6.09. The fraction of sp³-hybridized carbons (Fsp3) is 0.231. The van der Waals surface area contributed by atoms with Crippen molar-refractivity contribution in [3.8, 4) is 0 Å². The zero-order valence-corrected chi connectivity index (χ0v) is 9.69. The Bertz CT molecular complexity index is 541. The van der Waals surface area contributed by atoms with Crippen LogP contribution in [0.15, 0.2) is 30.5 Å². The number of nitrogens with zero attached hydrogens (tertiary/aromatic N) is 2. The summed E-state index contributed by atoms with van der Waals surface area (Å²) in [6.07, 6.45) is 1.62. The number of aryl methyl sites for hydroxylation is 2. The van der Waals surface area contributed by atoms with Crippen LogP contribution in [0, 0.1) is 13.8 Å². The normalized spacial score (nSPS) is 10.4. The molecule has 1 aromatic carbocycles. The van der Waals surface area contributed by atoms with Gasteiger partial charge >= 0.3 is 0 Å². The zero-order chi connectivity index (χ0) is 11.7. The summed E-state index contributed by atoms with van der Waals surface area (Å²) in [5, 5.41) is 4.08. The number of carbonyl (C=O) groups excluding carboxylic acids is 1. The third-order valence-corrected chi connectivity index (χ3v) is 2.76. The SMILES string of the molecule is Cc1cccc(C(=O)c2cnn(C)c2C)c1. The van der Waals surface area contributed by atoms with Gasteiger partial charge < -0.3 is 0 Å². The quantitative estimate of drug-likeness (QED) is 0.719. The Morgan fingerprint density at radius 3 is 2.62 bits per heavy atom. The van der Waals surface area contributed by atoms with Crippen LogP contribution >= 0.6 is 0 Å². The van der Waals surface area contributed by atoms with Crippen molar-refractivity contribution < 1.29 is 4.79 Å². The molecule has 0 amide bonds. The van der Waals surface area contributed by atoms with Gasteiger partial charge in [0.1, 0.15) is 0 Å². The topological polar surface area (TPSA) is 34.9 Å². The number of aromatic nitrogens is 2. The van der Waals surface area contributed by atoms with Gasteiger partial charge in [-0.3, -0.25) is 9.48 Å². The number of carbonyl (C=O) groups is 1. The van der Waals surface area contributed by atoms with E-state index in [0.29, 0.717) is 5.56 Å². The van der Waals surface area contributed by atoms with Gasteiger partial charge in [0.2, 0.25) is 0 Å². The molecule has 82 valence electrons. The van der Waals surface area contributed by atoms with Gasteiger partial charge in [-0.2, -0.15) is 5.10 Å². The van der Waals surface area contributed by atoms with Crippen molar-refractivity contribution in [3.05, 3.63) is 52.8 Å². The van der Waals surface area contributed by atoms with E-state index in [-0.39, 0.29) is 5.78 Å². The first-order valence-electron chi connectivity index (χ1n) is 5.19. The van der Waals surface area contributed by atoms with Gasteiger partial charge in [-0.25, -0.2) is 0 Å². The number of rotatable bonds is 2. The molecule has 0 N–H and O–H groups in total. The number of hydrogen-bond donors (Lipinski definition) is 0. The van der Waals surface area contributed by atoms with Gasteiger partial charge in [0.15, 0.2) is 5.78 Å². The molecule has 0 fully saturated rings. The molecule has 1 aromatic heterocycles. The maximum Gasteiger partial charge on any atom is 0.196 e. The van der Waals surface area contributed by atoms with Crippen LogP contribution in [-0.4, -0.2) is 15.6 Å². The molecule has 2 aromatic rings. The maximum absolute atomic E-state index is 12.2. The lowest BCUT2D eigenvalue weighted by Gasteiger charge is -2.01. The van der Waals surface area contributed by atoms with Crippen LogP contribution in [0.4, 0.5) is 0 Å². The monoisotopic (exact) mass is 214 g/mol. The molecule has 0 aliphatic carbocycles. The van der Waals surface area contributed by atoms with Crippen LogP contribution in [0.1, 0.15) is 27.2 Å². The van der Waals surface area contributed by atoms with Crippen LogP contribution in [-0.2, 0) is 7.05 Å². The Balaban J connectivity index is 2.43. The Morgan fingerprint density at radius 1 is 1.31 bits per heavy atom. The maximum atomic E-state index is 12.2. The fourth-order valence-electron chi connectivity index (χ4n) is 1.66. The predicted molar refractivity (Wildman–Crippen MR) is 62.6 cm³/mol. The van der Waals surface area contributed by atoms with Crippen LogP contribution in [0.2, 0.25) is 0 Å². The third-order valence-electron chi connectivity index (χ3n) is 2.76. The second kappa shape index (κ2) is 3.93. The molecule has 0 radical (unpaired) electrons. The van der Waals surface area contributed by atoms with Crippen molar-refractivity contribution in [2.24, 2.45) is 7.05 Å². The van der Waals surface area contributed by atoms with E-state index in [9.17, 15) is 4.79 Å². The van der Waals surface area contributed by atoms with E-state index >= 15 is 0 Å². The molecule has 3 heteroatoms. The summed E-state index contributed by atoms with van der Waals surface area (Å²) in [5.74, 6) is 0.0364. The van der Waals surface area contributed by atoms with E-state index in [1.807, 2.05) is 45.2 Å². The second-order valence-corrected chi connectivity index (χ2v) is 3.97. The summed E-state index contributed by atoms with van der Waals surface area (Å²) in [6.45, 7) is 3.88. The van der Waals surface area contributed by atoms with E-state index in [0.717, 1.165) is 16.8 Å². The Morgan fingerprint density at radius 2 is 2.06 bits per heavy atom. The van der Waals surface area contributed by atoms with Gasteiger partial charge in [0.05, 0.1) is 11.8 Å². The largest absolute Gasteiger partial charge is 0.288 e. The van der Waals surface area contributed by atoms with Crippen LogP contribution in [0.25, 0.3) is 0 Å². The van der Waals surface area contributed by atoms with Crippen molar-refractivity contribution >= 4 is 5.78 Å². The molecule has 0 spiro atoms. The van der Waals surface area contributed by atoms with Gasteiger partial charge in [-0.05, 0) is 19.9 Å². The summed E-state index contributed by atoms with van der Waals surface area (Å²) in [4.78, 5) is 12.2. The van der Waals surface area contributed by atoms with Gasteiger partial charge in [0, 0.05) is 18.3 Å². The lowest BCUT2D eigenvalue weighted by atomic mass is 10.0. The smallest absolute Gasteiger partial charge is 0.196 e. The third kappa shape index (κ3) is 1.76. The van der Waals surface area contributed by atoms with Gasteiger partial charge in [-0.1, -0.05) is 23.8 Å². The van der Waals surface area contributed by atoms with Crippen molar-refractivity contribution in [2.45, 2.75) is 13.8 Å². The van der Waals surface area contributed by atoms with Gasteiger partial charge in [0.25, 0.3) is 0 Å². The molecule has 0 unspecified atom stereocenters. The zero-order valence-electron chi connectivity index (χ0n) is 9.69. The van der Waals surface area contributed by atoms with Crippen molar-refractivity contribution in [1.82, 2.24) is 9.78 Å². The Hall–Kier alpha value is -1.90. The van der Waals surface area contributed by atoms with Crippen LogP contribution in [0.3, 0.4) is 0 Å². The first-order chi connectivity index (χ1) is 7.59. The number of benzene rings is 1. The molecular formula is C13H14N2O. The minimum absolute atomic E-state index is 0.0364. The molecule has 0 aliphatic heterocycles. The summed E-state index contributed by atoms with van der Waals surface area (Å²) in [5.41, 5.74) is 3.38.